The number of hydrogen-bond acceptors (Lipinski definition) is 5. The number of nitrogens with zero attached hydrogens (tertiary/aromatic N) is 3. The molecule has 1 atom stereocenters. The van der Waals surface area contributed by atoms with Crippen molar-refractivity contribution >= 4 is 28.5 Å². The molecule has 0 spiro atoms. The molecule has 0 aliphatic carbocycles. The highest BCUT2D eigenvalue weighted by Gasteiger charge is 2.28. The van der Waals surface area contributed by atoms with Crippen LogP contribution in [0.1, 0.15) is 29.7 Å². The van der Waals surface area contributed by atoms with Gasteiger partial charge < -0.3 is 14.6 Å². The molecule has 4 rings (SSSR count). The summed E-state index contributed by atoms with van der Waals surface area (Å²) in [6, 6.07) is 7.90. The van der Waals surface area contributed by atoms with Crippen molar-refractivity contribution in [3.8, 4) is 0 Å². The molecule has 27 heavy (non-hydrogen) atoms. The van der Waals surface area contributed by atoms with E-state index in [1.54, 1.807) is 0 Å². The highest BCUT2D eigenvalue weighted by molar-refractivity contribution is 5.94. The lowest BCUT2D eigenvalue weighted by Gasteiger charge is -2.33. The third-order valence-corrected chi connectivity index (χ3v) is 5.36. The second-order valence-corrected chi connectivity index (χ2v) is 7.30. The number of amides is 1. The summed E-state index contributed by atoms with van der Waals surface area (Å²) in [6.07, 6.45) is 3.37. The fourth-order valence-corrected chi connectivity index (χ4v) is 3.67. The van der Waals surface area contributed by atoms with Gasteiger partial charge in [0.1, 0.15) is 17.9 Å². The average molecular weight is 364 g/mol. The van der Waals surface area contributed by atoms with Crippen molar-refractivity contribution in [2.75, 3.05) is 23.3 Å². The topological polar surface area (TPSA) is 71.3 Å². The minimum absolute atomic E-state index is 0.0638. The second kappa shape index (κ2) is 7.02. The Morgan fingerprint density at radius 1 is 1.19 bits per heavy atom. The average Bonchev–Trinajstić information content (AvgIpc) is 2.98. The normalized spacial score (nSPS) is 17.3. The van der Waals surface area contributed by atoms with Gasteiger partial charge in [-0.15, -0.1) is 0 Å². The van der Waals surface area contributed by atoms with Crippen LogP contribution >= 0.6 is 0 Å². The van der Waals surface area contributed by atoms with Crippen LogP contribution in [0.3, 0.4) is 0 Å². The number of aryl methyl sites for hydroxylation is 3. The Kier molecular flexibility index (Phi) is 4.56. The van der Waals surface area contributed by atoms with Crippen molar-refractivity contribution in [1.29, 1.82) is 0 Å². The van der Waals surface area contributed by atoms with E-state index in [-0.39, 0.29) is 11.8 Å². The summed E-state index contributed by atoms with van der Waals surface area (Å²) >= 11 is 0. The largest absolute Gasteiger partial charge is 0.443 e. The molecule has 1 amide bonds. The van der Waals surface area contributed by atoms with Crippen LogP contribution in [-0.2, 0) is 4.79 Å². The molecule has 2 aromatic heterocycles. The van der Waals surface area contributed by atoms with E-state index >= 15 is 0 Å². The number of hydrogen-bond donors (Lipinski definition) is 1. The number of furan rings is 1. The molecule has 140 valence electrons. The molecule has 0 saturated carbocycles. The monoisotopic (exact) mass is 364 g/mol. The Morgan fingerprint density at radius 3 is 2.74 bits per heavy atom. The van der Waals surface area contributed by atoms with Gasteiger partial charge in [0.05, 0.1) is 11.3 Å². The van der Waals surface area contributed by atoms with E-state index in [0.717, 1.165) is 47.6 Å². The van der Waals surface area contributed by atoms with Crippen molar-refractivity contribution < 1.29 is 9.21 Å². The van der Waals surface area contributed by atoms with E-state index in [0.29, 0.717) is 12.3 Å². The Labute approximate surface area is 158 Å². The van der Waals surface area contributed by atoms with Gasteiger partial charge in [-0.05, 0) is 45.7 Å². The Bertz CT molecular complexity index is 978. The van der Waals surface area contributed by atoms with E-state index in [4.69, 9.17) is 4.42 Å². The van der Waals surface area contributed by atoms with Crippen LogP contribution in [0, 0.1) is 26.7 Å². The summed E-state index contributed by atoms with van der Waals surface area (Å²) in [5.41, 5.74) is 3.69. The minimum Gasteiger partial charge on any atom is -0.443 e. The standard InChI is InChI=1S/C21H24N4O2/c1-13-6-8-17(9-7-13)24-20(26)16-5-4-10-25(11-16)19-18-14(2)15(3)27-21(18)23-12-22-19/h6-9,12,16H,4-5,10-11H2,1-3H3,(H,24,26)/t16-/m0/s1. The molecule has 1 saturated heterocycles. The zero-order chi connectivity index (χ0) is 19.0. The lowest BCUT2D eigenvalue weighted by Crippen LogP contribution is -2.41. The summed E-state index contributed by atoms with van der Waals surface area (Å²) < 4.78 is 5.74. The maximum absolute atomic E-state index is 12.8. The first-order chi connectivity index (χ1) is 13.0. The third-order valence-electron chi connectivity index (χ3n) is 5.36. The van der Waals surface area contributed by atoms with Gasteiger partial charge in [0.15, 0.2) is 0 Å². The van der Waals surface area contributed by atoms with E-state index in [2.05, 4.69) is 20.2 Å². The van der Waals surface area contributed by atoms with Crippen molar-refractivity contribution in [3.05, 3.63) is 47.5 Å². The molecule has 1 N–H and O–H groups in total. The fraction of sp³-hybridized carbons (Fsp3) is 0.381. The Balaban J connectivity index is 1.55. The molecule has 1 aliphatic rings. The highest BCUT2D eigenvalue weighted by Crippen LogP contribution is 2.32. The van der Waals surface area contributed by atoms with Gasteiger partial charge in [0.25, 0.3) is 0 Å². The number of carbonyl (C=O) groups is 1. The molecule has 3 heterocycles. The van der Waals surface area contributed by atoms with Gasteiger partial charge in [-0.3, -0.25) is 4.79 Å². The van der Waals surface area contributed by atoms with Crippen molar-refractivity contribution in [3.63, 3.8) is 0 Å². The lowest BCUT2D eigenvalue weighted by atomic mass is 9.96. The van der Waals surface area contributed by atoms with Crippen molar-refractivity contribution in [2.45, 2.75) is 33.6 Å². The minimum atomic E-state index is -0.0710. The van der Waals surface area contributed by atoms with Crippen LogP contribution in [0.15, 0.2) is 35.0 Å². The van der Waals surface area contributed by atoms with E-state index in [1.807, 2.05) is 45.0 Å². The number of aromatic nitrogens is 2. The third kappa shape index (κ3) is 3.39. The van der Waals surface area contributed by atoms with Gasteiger partial charge in [0, 0.05) is 24.3 Å². The number of benzene rings is 1. The molecule has 0 bridgehead atoms. The summed E-state index contributed by atoms with van der Waals surface area (Å²) in [7, 11) is 0. The van der Waals surface area contributed by atoms with Crippen molar-refractivity contribution in [2.24, 2.45) is 5.92 Å². The fourth-order valence-electron chi connectivity index (χ4n) is 3.67. The van der Waals surface area contributed by atoms with E-state index < -0.39 is 0 Å². The molecule has 0 radical (unpaired) electrons. The van der Waals surface area contributed by atoms with Crippen LogP contribution in [0.2, 0.25) is 0 Å². The van der Waals surface area contributed by atoms with Crippen LogP contribution < -0.4 is 10.2 Å². The lowest BCUT2D eigenvalue weighted by molar-refractivity contribution is -0.120. The second-order valence-electron chi connectivity index (χ2n) is 7.30. The number of carbonyl (C=O) groups excluding carboxylic acids is 1. The summed E-state index contributed by atoms with van der Waals surface area (Å²) in [5.74, 6) is 1.71. The van der Waals surface area contributed by atoms with Gasteiger partial charge >= 0.3 is 0 Å². The number of rotatable bonds is 3. The number of piperidine rings is 1. The maximum Gasteiger partial charge on any atom is 0.231 e. The van der Waals surface area contributed by atoms with Crippen LogP contribution in [0.25, 0.3) is 11.1 Å². The smallest absolute Gasteiger partial charge is 0.231 e. The quantitative estimate of drug-likeness (QED) is 0.760. The van der Waals surface area contributed by atoms with Crippen LogP contribution in [0.5, 0.6) is 0 Å². The zero-order valence-electron chi connectivity index (χ0n) is 16.0. The maximum atomic E-state index is 12.8. The summed E-state index contributed by atoms with van der Waals surface area (Å²) in [4.78, 5) is 23.7. The Morgan fingerprint density at radius 2 is 1.96 bits per heavy atom. The SMILES string of the molecule is Cc1ccc(NC(=O)[C@H]2CCCN(c3ncnc4oc(C)c(C)c34)C2)cc1. The number of nitrogens with one attached hydrogen (secondary N) is 1. The molecule has 6 nitrogen and oxygen atoms in total. The zero-order valence-corrected chi connectivity index (χ0v) is 16.0. The first kappa shape index (κ1) is 17.5. The van der Waals surface area contributed by atoms with Crippen LogP contribution in [-0.4, -0.2) is 29.0 Å². The molecule has 6 heteroatoms. The molecular formula is C21H24N4O2. The van der Waals surface area contributed by atoms with E-state index in [1.165, 1.54) is 11.9 Å². The first-order valence-electron chi connectivity index (χ1n) is 9.36. The molecule has 0 unspecified atom stereocenters. The highest BCUT2D eigenvalue weighted by atomic mass is 16.3. The van der Waals surface area contributed by atoms with Gasteiger partial charge in [-0.2, -0.15) is 0 Å². The molecular weight excluding hydrogens is 340 g/mol. The van der Waals surface area contributed by atoms with Crippen molar-refractivity contribution in [1.82, 2.24) is 9.97 Å². The molecule has 1 aliphatic heterocycles. The predicted octanol–water partition coefficient (Wildman–Crippen LogP) is 4.00. The molecule has 1 fully saturated rings. The number of anilines is 2. The number of fused-ring (bicyclic) bond motifs is 1. The van der Waals surface area contributed by atoms with Gasteiger partial charge in [0.2, 0.25) is 11.6 Å². The summed E-state index contributed by atoms with van der Waals surface area (Å²) in [6.45, 7) is 7.53. The van der Waals surface area contributed by atoms with Gasteiger partial charge in [-0.25, -0.2) is 9.97 Å². The molecule has 1 aromatic carbocycles. The van der Waals surface area contributed by atoms with Crippen LogP contribution in [0.4, 0.5) is 11.5 Å². The van der Waals surface area contributed by atoms with E-state index in [9.17, 15) is 4.79 Å². The summed E-state index contributed by atoms with van der Waals surface area (Å²) in [5, 5.41) is 4.00. The first-order valence-corrected chi connectivity index (χ1v) is 9.36. The predicted molar refractivity (Wildman–Crippen MR) is 106 cm³/mol. The Hall–Kier alpha value is -2.89. The molecule has 3 aromatic rings. The van der Waals surface area contributed by atoms with Gasteiger partial charge in [-0.1, -0.05) is 17.7 Å².